The quantitative estimate of drug-likeness (QED) is 0.441. The fourth-order valence-corrected chi connectivity index (χ4v) is 4.80. The van der Waals surface area contributed by atoms with Crippen molar-refractivity contribution in [3.8, 4) is 5.75 Å². The molecule has 152 valence electrons. The molecule has 0 saturated carbocycles. The summed E-state index contributed by atoms with van der Waals surface area (Å²) >= 11 is 8.96. The number of benzene rings is 2. The monoisotopic (exact) mass is 449 g/mol. The summed E-state index contributed by atoms with van der Waals surface area (Å²) in [6.07, 6.45) is 3.53. The minimum Gasteiger partial charge on any atom is -0.489 e. The first-order chi connectivity index (χ1) is 14.2. The van der Waals surface area contributed by atoms with Gasteiger partial charge in [0, 0.05) is 37.3 Å². The highest BCUT2D eigenvalue weighted by molar-refractivity contribution is 8.00. The Labute approximate surface area is 183 Å². The molecule has 0 radical (unpaired) electrons. The second-order valence-electron chi connectivity index (χ2n) is 6.83. The molecule has 1 fully saturated rings. The molecule has 1 aliphatic heterocycles. The van der Waals surface area contributed by atoms with Gasteiger partial charge in [-0.15, -0.1) is 11.3 Å². The zero-order valence-electron chi connectivity index (χ0n) is 15.7. The van der Waals surface area contributed by atoms with E-state index in [9.17, 15) is 4.39 Å². The van der Waals surface area contributed by atoms with Gasteiger partial charge in [-0.2, -0.15) is 0 Å². The Hall–Kier alpha value is -1.80. The highest BCUT2D eigenvalue weighted by atomic mass is 35.5. The van der Waals surface area contributed by atoms with Crippen molar-refractivity contribution in [2.24, 2.45) is 0 Å². The summed E-state index contributed by atoms with van der Waals surface area (Å²) in [5.41, 5.74) is 1.32. The molecule has 8 heteroatoms. The van der Waals surface area contributed by atoms with E-state index in [1.165, 1.54) is 23.0 Å². The van der Waals surface area contributed by atoms with Crippen LogP contribution in [0.25, 0.3) is 0 Å². The minimum atomic E-state index is -0.361. The van der Waals surface area contributed by atoms with E-state index in [1.54, 1.807) is 12.3 Å². The van der Waals surface area contributed by atoms with Gasteiger partial charge in [-0.05, 0) is 36.4 Å². The smallest absolute Gasteiger partial charge is 0.192 e. The molecule has 2 aromatic carbocycles. The molecule has 0 atom stereocenters. The number of ether oxygens (including phenoxy) is 1. The highest BCUT2D eigenvalue weighted by Crippen LogP contribution is 2.34. The summed E-state index contributed by atoms with van der Waals surface area (Å²) in [5, 5.41) is 2.99. The van der Waals surface area contributed by atoms with E-state index in [4.69, 9.17) is 16.3 Å². The van der Waals surface area contributed by atoms with Crippen LogP contribution in [0, 0.1) is 5.82 Å². The number of thiazole rings is 1. The number of hydrogen-bond donors (Lipinski definition) is 1. The third-order valence-electron chi connectivity index (χ3n) is 4.74. The summed E-state index contributed by atoms with van der Waals surface area (Å²) in [7, 11) is 0. The van der Waals surface area contributed by atoms with Crippen LogP contribution in [0.2, 0.25) is 5.02 Å². The largest absolute Gasteiger partial charge is 0.489 e. The van der Waals surface area contributed by atoms with Crippen molar-refractivity contribution >= 4 is 40.0 Å². The molecule has 0 amide bonds. The molecule has 2 heterocycles. The van der Waals surface area contributed by atoms with E-state index in [0.717, 1.165) is 44.4 Å². The number of halogens is 2. The third-order valence-corrected chi connectivity index (χ3v) is 6.69. The molecule has 1 N–H and O–H groups in total. The van der Waals surface area contributed by atoms with Crippen molar-refractivity contribution in [2.75, 3.05) is 17.8 Å². The van der Waals surface area contributed by atoms with E-state index in [0.29, 0.717) is 20.8 Å². The number of nitrogens with zero attached hydrogens (tertiary/aromatic N) is 2. The van der Waals surface area contributed by atoms with Crippen molar-refractivity contribution in [3.63, 3.8) is 0 Å². The summed E-state index contributed by atoms with van der Waals surface area (Å²) in [4.78, 5) is 6.94. The van der Waals surface area contributed by atoms with Gasteiger partial charge in [-0.1, -0.05) is 41.9 Å². The lowest BCUT2D eigenvalue weighted by atomic mass is 10.1. The van der Waals surface area contributed by atoms with Gasteiger partial charge >= 0.3 is 0 Å². The van der Waals surface area contributed by atoms with Crippen molar-refractivity contribution < 1.29 is 9.13 Å². The maximum atomic E-state index is 14.5. The first-order valence-electron chi connectivity index (χ1n) is 9.42. The molecule has 0 spiro atoms. The molecule has 0 bridgehead atoms. The van der Waals surface area contributed by atoms with Gasteiger partial charge in [0.2, 0.25) is 0 Å². The number of rotatable bonds is 7. The van der Waals surface area contributed by atoms with Crippen LogP contribution < -0.4 is 9.46 Å². The Morgan fingerprint density at radius 3 is 2.76 bits per heavy atom. The molecule has 1 aliphatic rings. The fraction of sp³-hybridized carbons (Fsp3) is 0.286. The van der Waals surface area contributed by atoms with Crippen molar-refractivity contribution in [1.82, 2.24) is 9.88 Å². The Bertz CT molecular complexity index is 919. The number of likely N-dealkylation sites (tertiary alicyclic amines) is 1. The van der Waals surface area contributed by atoms with E-state index < -0.39 is 0 Å². The lowest BCUT2D eigenvalue weighted by molar-refractivity contribution is 0.0965. The predicted molar refractivity (Wildman–Crippen MR) is 118 cm³/mol. The topological polar surface area (TPSA) is 37.4 Å². The van der Waals surface area contributed by atoms with Gasteiger partial charge in [0.05, 0.1) is 9.92 Å². The molecular weight excluding hydrogens is 429 g/mol. The van der Waals surface area contributed by atoms with Gasteiger partial charge in [0.1, 0.15) is 17.7 Å². The molecule has 1 saturated heterocycles. The minimum absolute atomic E-state index is 0.0471. The molecule has 0 aliphatic carbocycles. The van der Waals surface area contributed by atoms with E-state index in [1.807, 2.05) is 11.4 Å². The molecule has 1 aromatic heterocycles. The van der Waals surface area contributed by atoms with Gasteiger partial charge < -0.3 is 9.46 Å². The zero-order chi connectivity index (χ0) is 20.1. The number of aromatic nitrogens is 1. The van der Waals surface area contributed by atoms with Crippen molar-refractivity contribution in [1.29, 1.82) is 0 Å². The van der Waals surface area contributed by atoms with E-state index in [2.05, 4.69) is 38.9 Å². The van der Waals surface area contributed by atoms with Crippen LogP contribution in [-0.2, 0) is 6.54 Å². The second kappa shape index (κ2) is 9.80. The Balaban J connectivity index is 1.31. The Kier molecular flexibility index (Phi) is 6.92. The number of nitrogens with one attached hydrogen (secondary N) is 1. The van der Waals surface area contributed by atoms with Gasteiger partial charge in [0.25, 0.3) is 0 Å². The lowest BCUT2D eigenvalue weighted by Crippen LogP contribution is -2.37. The highest BCUT2D eigenvalue weighted by Gasteiger charge is 2.22. The normalized spacial score (nSPS) is 15.4. The van der Waals surface area contributed by atoms with Crippen LogP contribution >= 0.6 is 34.9 Å². The number of anilines is 1. The van der Waals surface area contributed by atoms with Crippen molar-refractivity contribution in [3.05, 3.63) is 70.4 Å². The standard InChI is InChI=1S/C21H21ClFN3OS2/c22-17-12-20(29-25-21-24-8-11-28-21)18(23)13-19(17)27-16-6-9-26(10-7-16)14-15-4-2-1-3-5-15/h1-5,8,11-13,16H,6-7,9-10,14H2,(H,24,25). The van der Waals surface area contributed by atoms with Gasteiger partial charge in [-0.3, -0.25) is 4.90 Å². The summed E-state index contributed by atoms with van der Waals surface area (Å²) in [5.74, 6) is 0.0456. The van der Waals surface area contributed by atoms with Gasteiger partial charge in [-0.25, -0.2) is 9.37 Å². The van der Waals surface area contributed by atoms with E-state index in [-0.39, 0.29) is 11.9 Å². The summed E-state index contributed by atoms with van der Waals surface area (Å²) in [6.45, 7) is 2.84. The first-order valence-corrected chi connectivity index (χ1v) is 11.5. The second-order valence-corrected chi connectivity index (χ2v) is 8.98. The Morgan fingerprint density at radius 2 is 2.03 bits per heavy atom. The predicted octanol–water partition coefficient (Wildman–Crippen LogP) is 6.10. The van der Waals surface area contributed by atoms with Crippen LogP contribution in [-0.4, -0.2) is 29.1 Å². The van der Waals surface area contributed by atoms with Crippen LogP contribution in [0.3, 0.4) is 0 Å². The zero-order valence-corrected chi connectivity index (χ0v) is 18.1. The molecule has 0 unspecified atom stereocenters. The molecule has 3 aromatic rings. The summed E-state index contributed by atoms with van der Waals surface area (Å²) in [6, 6.07) is 13.4. The molecular formula is C21H21ClFN3OS2. The average molecular weight is 450 g/mol. The SMILES string of the molecule is Fc1cc(OC2CCN(Cc3ccccc3)CC2)c(Cl)cc1SNc1nccs1. The van der Waals surface area contributed by atoms with E-state index >= 15 is 0 Å². The first kappa shape index (κ1) is 20.5. The number of piperidine rings is 1. The maximum Gasteiger partial charge on any atom is 0.192 e. The third kappa shape index (κ3) is 5.63. The Morgan fingerprint density at radius 1 is 1.24 bits per heavy atom. The molecule has 29 heavy (non-hydrogen) atoms. The van der Waals surface area contributed by atoms with Crippen LogP contribution in [0.5, 0.6) is 5.75 Å². The van der Waals surface area contributed by atoms with Crippen LogP contribution in [0.15, 0.2) is 58.9 Å². The van der Waals surface area contributed by atoms with Gasteiger partial charge in [0.15, 0.2) is 5.13 Å². The van der Waals surface area contributed by atoms with Crippen molar-refractivity contribution in [2.45, 2.75) is 30.4 Å². The summed E-state index contributed by atoms with van der Waals surface area (Å²) < 4.78 is 23.5. The molecule has 4 rings (SSSR count). The fourth-order valence-electron chi connectivity index (χ4n) is 3.26. The molecule has 4 nitrogen and oxygen atoms in total. The van der Waals surface area contributed by atoms with Crippen LogP contribution in [0.1, 0.15) is 18.4 Å². The average Bonchev–Trinajstić information content (AvgIpc) is 3.25. The van der Waals surface area contributed by atoms with Crippen LogP contribution in [0.4, 0.5) is 9.52 Å². The number of hydrogen-bond acceptors (Lipinski definition) is 6. The lowest BCUT2D eigenvalue weighted by Gasteiger charge is -2.32. The maximum absolute atomic E-state index is 14.5.